The predicted molar refractivity (Wildman–Crippen MR) is 83.4 cm³/mol. The molecule has 0 aliphatic heterocycles. The standard InChI is InChI=1S/C17H21N3O/c1-12-7-8-15(9-13(12)2)18-17(21)11-20-10-14-5-3-4-6-16(14)19-20/h7-10H,3-6,11H2,1-2H3,(H,18,21). The summed E-state index contributed by atoms with van der Waals surface area (Å²) < 4.78 is 1.77. The number of aromatic nitrogens is 2. The van der Waals surface area contributed by atoms with Crippen LogP contribution in [0.25, 0.3) is 0 Å². The number of hydrogen-bond acceptors (Lipinski definition) is 2. The van der Waals surface area contributed by atoms with Crippen LogP contribution in [0.4, 0.5) is 5.69 Å². The van der Waals surface area contributed by atoms with Crippen molar-refractivity contribution in [3.8, 4) is 0 Å². The van der Waals surface area contributed by atoms with E-state index < -0.39 is 0 Å². The van der Waals surface area contributed by atoms with Crippen molar-refractivity contribution in [1.29, 1.82) is 0 Å². The summed E-state index contributed by atoms with van der Waals surface area (Å²) >= 11 is 0. The van der Waals surface area contributed by atoms with Gasteiger partial charge >= 0.3 is 0 Å². The van der Waals surface area contributed by atoms with E-state index in [0.29, 0.717) is 0 Å². The van der Waals surface area contributed by atoms with Crippen LogP contribution in [-0.4, -0.2) is 15.7 Å². The van der Waals surface area contributed by atoms with Gasteiger partial charge in [0.1, 0.15) is 6.54 Å². The van der Waals surface area contributed by atoms with Gasteiger partial charge in [-0.25, -0.2) is 0 Å². The number of amides is 1. The summed E-state index contributed by atoms with van der Waals surface area (Å²) in [5, 5.41) is 7.46. The molecule has 1 N–H and O–H groups in total. The topological polar surface area (TPSA) is 46.9 Å². The molecule has 110 valence electrons. The molecule has 1 amide bonds. The Morgan fingerprint density at radius 1 is 1.24 bits per heavy atom. The molecule has 4 heteroatoms. The quantitative estimate of drug-likeness (QED) is 0.941. The molecule has 21 heavy (non-hydrogen) atoms. The number of hydrogen-bond donors (Lipinski definition) is 1. The number of anilines is 1. The van der Waals surface area contributed by atoms with E-state index in [0.717, 1.165) is 18.5 Å². The number of carbonyl (C=O) groups is 1. The van der Waals surface area contributed by atoms with Crippen molar-refractivity contribution >= 4 is 11.6 Å². The number of nitrogens with zero attached hydrogens (tertiary/aromatic N) is 2. The first kappa shape index (κ1) is 13.9. The Morgan fingerprint density at radius 2 is 2.05 bits per heavy atom. The first-order valence-electron chi connectivity index (χ1n) is 7.54. The maximum absolute atomic E-state index is 12.1. The molecule has 1 aliphatic rings. The summed E-state index contributed by atoms with van der Waals surface area (Å²) in [6.45, 7) is 4.39. The Morgan fingerprint density at radius 3 is 2.81 bits per heavy atom. The normalized spacial score (nSPS) is 13.8. The maximum Gasteiger partial charge on any atom is 0.246 e. The fourth-order valence-electron chi connectivity index (χ4n) is 2.78. The summed E-state index contributed by atoms with van der Waals surface area (Å²) in [6, 6.07) is 5.97. The van der Waals surface area contributed by atoms with Crippen molar-refractivity contribution in [2.45, 2.75) is 46.1 Å². The lowest BCUT2D eigenvalue weighted by molar-refractivity contribution is -0.116. The second-order valence-corrected chi connectivity index (χ2v) is 5.85. The average Bonchev–Trinajstić information content (AvgIpc) is 2.84. The van der Waals surface area contributed by atoms with Gasteiger partial charge in [0.15, 0.2) is 0 Å². The third kappa shape index (κ3) is 3.15. The number of fused-ring (bicyclic) bond motifs is 1. The summed E-state index contributed by atoms with van der Waals surface area (Å²) in [7, 11) is 0. The Bertz CT molecular complexity index is 649. The molecule has 0 radical (unpaired) electrons. The van der Waals surface area contributed by atoms with Crippen molar-refractivity contribution in [1.82, 2.24) is 9.78 Å². The van der Waals surface area contributed by atoms with E-state index in [-0.39, 0.29) is 12.5 Å². The predicted octanol–water partition coefficient (Wildman–Crippen LogP) is 3.02. The number of aryl methyl sites for hydroxylation is 4. The van der Waals surface area contributed by atoms with Crippen LogP contribution in [0.3, 0.4) is 0 Å². The van der Waals surface area contributed by atoms with Gasteiger partial charge in [-0.15, -0.1) is 0 Å². The molecule has 4 nitrogen and oxygen atoms in total. The molecule has 3 rings (SSSR count). The van der Waals surface area contributed by atoms with Crippen molar-refractivity contribution in [3.63, 3.8) is 0 Å². The Hall–Kier alpha value is -2.10. The largest absolute Gasteiger partial charge is 0.324 e. The molecular weight excluding hydrogens is 262 g/mol. The average molecular weight is 283 g/mol. The molecule has 1 aliphatic carbocycles. The van der Waals surface area contributed by atoms with E-state index in [4.69, 9.17) is 0 Å². The van der Waals surface area contributed by atoms with E-state index in [2.05, 4.69) is 17.3 Å². The molecule has 0 fully saturated rings. The third-order valence-corrected chi connectivity index (χ3v) is 4.13. The zero-order chi connectivity index (χ0) is 14.8. The molecule has 0 bridgehead atoms. The lowest BCUT2D eigenvalue weighted by Gasteiger charge is -2.07. The first-order valence-corrected chi connectivity index (χ1v) is 7.54. The van der Waals surface area contributed by atoms with E-state index in [9.17, 15) is 4.79 Å². The van der Waals surface area contributed by atoms with Crippen LogP contribution in [0.5, 0.6) is 0 Å². The second-order valence-electron chi connectivity index (χ2n) is 5.85. The molecule has 1 heterocycles. The highest BCUT2D eigenvalue weighted by Crippen LogP contribution is 2.19. The van der Waals surface area contributed by atoms with Crippen LogP contribution < -0.4 is 5.32 Å². The van der Waals surface area contributed by atoms with Crippen LogP contribution in [0.2, 0.25) is 0 Å². The van der Waals surface area contributed by atoms with Gasteiger partial charge in [0.2, 0.25) is 5.91 Å². The maximum atomic E-state index is 12.1. The van der Waals surface area contributed by atoms with Gasteiger partial charge in [0.05, 0.1) is 5.69 Å². The first-order chi connectivity index (χ1) is 10.1. The van der Waals surface area contributed by atoms with Crippen LogP contribution in [0.15, 0.2) is 24.4 Å². The molecule has 0 unspecified atom stereocenters. The summed E-state index contributed by atoms with van der Waals surface area (Å²) in [6.07, 6.45) is 6.59. The fourth-order valence-corrected chi connectivity index (χ4v) is 2.78. The highest BCUT2D eigenvalue weighted by atomic mass is 16.2. The summed E-state index contributed by atoms with van der Waals surface area (Å²) in [5.74, 6) is -0.0295. The molecule has 0 saturated heterocycles. The summed E-state index contributed by atoms with van der Waals surface area (Å²) in [4.78, 5) is 12.1. The van der Waals surface area contributed by atoms with E-state index >= 15 is 0 Å². The zero-order valence-corrected chi connectivity index (χ0v) is 12.6. The number of rotatable bonds is 3. The van der Waals surface area contributed by atoms with Crippen LogP contribution in [0.1, 0.15) is 35.2 Å². The van der Waals surface area contributed by atoms with Crippen molar-refractivity contribution in [2.75, 3.05) is 5.32 Å². The van der Waals surface area contributed by atoms with Crippen molar-refractivity contribution in [2.24, 2.45) is 0 Å². The van der Waals surface area contributed by atoms with Gasteiger partial charge < -0.3 is 5.32 Å². The highest BCUT2D eigenvalue weighted by molar-refractivity contribution is 5.90. The van der Waals surface area contributed by atoms with E-state index in [1.807, 2.05) is 31.3 Å². The van der Waals surface area contributed by atoms with Gasteiger partial charge in [-0.2, -0.15) is 5.10 Å². The van der Waals surface area contributed by atoms with Crippen LogP contribution in [0, 0.1) is 13.8 Å². The van der Waals surface area contributed by atoms with Gasteiger partial charge in [-0.1, -0.05) is 6.07 Å². The minimum atomic E-state index is -0.0295. The van der Waals surface area contributed by atoms with Crippen molar-refractivity contribution in [3.05, 3.63) is 46.8 Å². The van der Waals surface area contributed by atoms with Gasteiger partial charge in [-0.05, 0) is 68.4 Å². The highest BCUT2D eigenvalue weighted by Gasteiger charge is 2.14. The van der Waals surface area contributed by atoms with Crippen molar-refractivity contribution < 1.29 is 4.79 Å². The molecule has 2 aromatic rings. The Labute approximate surface area is 125 Å². The van der Waals surface area contributed by atoms with E-state index in [1.165, 1.54) is 35.2 Å². The van der Waals surface area contributed by atoms with Crippen LogP contribution in [-0.2, 0) is 24.2 Å². The molecular formula is C17H21N3O. The smallest absolute Gasteiger partial charge is 0.246 e. The molecule has 1 aromatic carbocycles. The fraction of sp³-hybridized carbons (Fsp3) is 0.412. The lowest BCUT2D eigenvalue weighted by Crippen LogP contribution is -2.19. The Balaban J connectivity index is 1.66. The van der Waals surface area contributed by atoms with Gasteiger partial charge in [-0.3, -0.25) is 9.48 Å². The number of nitrogens with one attached hydrogen (secondary N) is 1. The zero-order valence-electron chi connectivity index (χ0n) is 12.6. The molecule has 0 saturated carbocycles. The SMILES string of the molecule is Cc1ccc(NC(=O)Cn2cc3c(n2)CCCC3)cc1C. The number of benzene rings is 1. The minimum absolute atomic E-state index is 0.0295. The number of carbonyl (C=O) groups excluding carboxylic acids is 1. The second kappa shape index (κ2) is 5.72. The monoisotopic (exact) mass is 283 g/mol. The van der Waals surface area contributed by atoms with E-state index in [1.54, 1.807) is 4.68 Å². The van der Waals surface area contributed by atoms with Gasteiger partial charge in [0, 0.05) is 11.9 Å². The minimum Gasteiger partial charge on any atom is -0.324 e. The molecule has 1 aromatic heterocycles. The molecule has 0 spiro atoms. The third-order valence-electron chi connectivity index (χ3n) is 4.13. The summed E-state index contributed by atoms with van der Waals surface area (Å²) in [5.41, 5.74) is 5.73. The van der Waals surface area contributed by atoms with Crippen LogP contribution >= 0.6 is 0 Å². The van der Waals surface area contributed by atoms with Gasteiger partial charge in [0.25, 0.3) is 0 Å². The lowest BCUT2D eigenvalue weighted by atomic mass is 9.99. The molecule has 0 atom stereocenters. The Kier molecular flexibility index (Phi) is 3.78.